The molecule has 0 radical (unpaired) electrons. The molecule has 2 heterocycles. The molecule has 3 aromatic rings. The van der Waals surface area contributed by atoms with Gasteiger partial charge in [-0.3, -0.25) is 14.7 Å². The molecular weight excluding hydrogens is 436 g/mol. The van der Waals surface area contributed by atoms with E-state index in [-0.39, 0.29) is 11.9 Å². The Hall–Kier alpha value is -3.48. The lowest BCUT2D eigenvalue weighted by molar-refractivity contribution is 0.0921. The quantitative estimate of drug-likeness (QED) is 0.549. The van der Waals surface area contributed by atoms with Crippen LogP contribution in [0.4, 0.5) is 0 Å². The highest BCUT2D eigenvalue weighted by molar-refractivity contribution is 6.03. The van der Waals surface area contributed by atoms with Gasteiger partial charge in [0.25, 0.3) is 5.91 Å². The number of amides is 1. The lowest BCUT2D eigenvalue weighted by Gasteiger charge is -2.31. The van der Waals surface area contributed by atoms with Crippen LogP contribution in [-0.2, 0) is 6.54 Å². The van der Waals surface area contributed by atoms with Crippen LogP contribution in [0.25, 0.3) is 11.1 Å². The summed E-state index contributed by atoms with van der Waals surface area (Å²) < 4.78 is 5.44. The molecule has 0 aliphatic carbocycles. The summed E-state index contributed by atoms with van der Waals surface area (Å²) in [6.07, 6.45) is 0. The van der Waals surface area contributed by atoms with E-state index in [9.17, 15) is 4.79 Å². The Labute approximate surface area is 207 Å². The average Bonchev–Trinajstić information content (AvgIpc) is 3.29. The first-order valence-electron chi connectivity index (χ1n) is 12.2. The minimum Gasteiger partial charge on any atom is -0.497 e. The Morgan fingerprint density at radius 3 is 2.69 bits per heavy atom. The number of ether oxygens (including phenoxy) is 1. The van der Waals surface area contributed by atoms with Gasteiger partial charge in [0.2, 0.25) is 0 Å². The van der Waals surface area contributed by atoms with Crippen LogP contribution in [0.1, 0.15) is 40.0 Å². The maximum Gasteiger partial charge on any atom is 0.251 e. The molecular formula is C29H32N4O2. The number of fused-ring (bicyclic) bond motifs is 1. The highest BCUT2D eigenvalue weighted by atomic mass is 16.5. The van der Waals surface area contributed by atoms with Gasteiger partial charge in [0, 0.05) is 49.6 Å². The van der Waals surface area contributed by atoms with Crippen molar-refractivity contribution in [2.45, 2.75) is 19.5 Å². The topological polar surface area (TPSA) is 66.0 Å². The fourth-order valence-electron chi connectivity index (χ4n) is 4.85. The summed E-state index contributed by atoms with van der Waals surface area (Å²) in [6.45, 7) is 7.42. The van der Waals surface area contributed by atoms with Crippen molar-refractivity contribution in [3.63, 3.8) is 0 Å². The Bertz CT molecular complexity index is 1250. The second kappa shape index (κ2) is 10.4. The number of nitrogens with one attached hydrogen (secondary N) is 2. The molecule has 2 aliphatic heterocycles. The van der Waals surface area contributed by atoms with E-state index >= 15 is 0 Å². The van der Waals surface area contributed by atoms with E-state index in [2.05, 4.69) is 57.8 Å². The number of rotatable bonds is 7. The van der Waals surface area contributed by atoms with Crippen molar-refractivity contribution in [1.29, 1.82) is 0 Å². The van der Waals surface area contributed by atoms with Crippen LogP contribution in [0, 0.1) is 0 Å². The third kappa shape index (κ3) is 5.29. The van der Waals surface area contributed by atoms with E-state index in [4.69, 9.17) is 4.74 Å². The smallest absolute Gasteiger partial charge is 0.251 e. The zero-order chi connectivity index (χ0) is 24.2. The Balaban J connectivity index is 1.38. The molecule has 0 aromatic heterocycles. The largest absolute Gasteiger partial charge is 0.497 e. The standard InChI is InChI=1S/C29H32N4O2/c1-20-27-17-22(9-10-25(27)18-31-20)21-5-3-7-24(15-21)29(34)32-28(19-33-13-11-30-12-14-33)23-6-4-8-26(16-23)35-2/h3-10,15-17,28,30H,11-14,18-19H2,1-2H3,(H,32,34). The summed E-state index contributed by atoms with van der Waals surface area (Å²) in [5, 5.41) is 6.70. The van der Waals surface area contributed by atoms with Gasteiger partial charge in [0.15, 0.2) is 0 Å². The summed E-state index contributed by atoms with van der Waals surface area (Å²) in [5.74, 6) is 0.716. The molecule has 5 rings (SSSR count). The number of methoxy groups -OCH3 is 1. The zero-order valence-corrected chi connectivity index (χ0v) is 20.4. The van der Waals surface area contributed by atoms with Crippen LogP contribution in [-0.4, -0.2) is 56.4 Å². The summed E-state index contributed by atoms with van der Waals surface area (Å²) in [7, 11) is 1.67. The summed E-state index contributed by atoms with van der Waals surface area (Å²) in [4.78, 5) is 20.4. The molecule has 6 nitrogen and oxygen atoms in total. The number of carbonyl (C=O) groups is 1. The van der Waals surface area contributed by atoms with Gasteiger partial charge in [-0.05, 0) is 59.5 Å². The Kier molecular flexibility index (Phi) is 6.93. The molecule has 1 atom stereocenters. The number of piperazine rings is 1. The van der Waals surface area contributed by atoms with Crippen LogP contribution >= 0.6 is 0 Å². The summed E-state index contributed by atoms with van der Waals surface area (Å²) >= 11 is 0. The maximum absolute atomic E-state index is 13.5. The van der Waals surface area contributed by atoms with Gasteiger partial charge in [-0.1, -0.05) is 36.4 Å². The Morgan fingerprint density at radius 2 is 1.86 bits per heavy atom. The predicted octanol–water partition coefficient (Wildman–Crippen LogP) is 4.06. The first-order chi connectivity index (χ1) is 17.1. The van der Waals surface area contributed by atoms with Crippen LogP contribution in [0.2, 0.25) is 0 Å². The summed E-state index contributed by atoms with van der Waals surface area (Å²) in [6, 6.07) is 22.1. The van der Waals surface area contributed by atoms with Crippen LogP contribution < -0.4 is 15.4 Å². The number of hydrogen-bond donors (Lipinski definition) is 2. The van der Waals surface area contributed by atoms with E-state index in [1.807, 2.05) is 36.4 Å². The maximum atomic E-state index is 13.5. The Morgan fingerprint density at radius 1 is 1.06 bits per heavy atom. The third-order valence-electron chi connectivity index (χ3n) is 6.90. The minimum absolute atomic E-state index is 0.0753. The highest BCUT2D eigenvalue weighted by Crippen LogP contribution is 2.28. The van der Waals surface area contributed by atoms with Gasteiger partial charge in [0.05, 0.1) is 19.7 Å². The van der Waals surface area contributed by atoms with Gasteiger partial charge in [-0.2, -0.15) is 0 Å². The lowest BCUT2D eigenvalue weighted by Crippen LogP contribution is -2.47. The monoisotopic (exact) mass is 468 g/mol. The van der Waals surface area contributed by atoms with Gasteiger partial charge in [0.1, 0.15) is 5.75 Å². The number of nitrogens with zero attached hydrogens (tertiary/aromatic N) is 2. The molecule has 1 saturated heterocycles. The molecule has 1 fully saturated rings. The van der Waals surface area contributed by atoms with Crippen molar-refractivity contribution in [2.24, 2.45) is 4.99 Å². The van der Waals surface area contributed by atoms with Crippen molar-refractivity contribution in [2.75, 3.05) is 39.8 Å². The van der Waals surface area contributed by atoms with Gasteiger partial charge >= 0.3 is 0 Å². The zero-order valence-electron chi connectivity index (χ0n) is 20.4. The van der Waals surface area contributed by atoms with Crippen molar-refractivity contribution in [3.8, 4) is 16.9 Å². The molecule has 0 bridgehead atoms. The molecule has 3 aromatic carbocycles. The first-order valence-corrected chi connectivity index (χ1v) is 12.2. The molecule has 6 heteroatoms. The normalized spacial score (nSPS) is 16.3. The van der Waals surface area contributed by atoms with Gasteiger partial charge in [-0.15, -0.1) is 0 Å². The minimum atomic E-state index is -0.141. The number of aliphatic imine (C=N–C) groups is 1. The molecule has 1 unspecified atom stereocenters. The third-order valence-corrected chi connectivity index (χ3v) is 6.90. The molecule has 2 aliphatic rings. The van der Waals surface area contributed by atoms with Crippen molar-refractivity contribution in [3.05, 3.63) is 89.0 Å². The highest BCUT2D eigenvalue weighted by Gasteiger charge is 2.21. The van der Waals surface area contributed by atoms with Crippen LogP contribution in [0.3, 0.4) is 0 Å². The van der Waals surface area contributed by atoms with Crippen LogP contribution in [0.15, 0.2) is 71.7 Å². The second-order valence-corrected chi connectivity index (χ2v) is 9.21. The van der Waals surface area contributed by atoms with E-state index < -0.39 is 0 Å². The predicted molar refractivity (Wildman–Crippen MR) is 140 cm³/mol. The SMILES string of the molecule is COc1cccc(C(CN2CCNCC2)NC(=O)c2cccc(-c3ccc4c(c3)C(C)=NC4)c2)c1. The van der Waals surface area contributed by atoms with Gasteiger partial charge in [-0.25, -0.2) is 0 Å². The number of hydrogen-bond acceptors (Lipinski definition) is 5. The molecule has 0 saturated carbocycles. The lowest BCUT2D eigenvalue weighted by atomic mass is 9.97. The number of benzene rings is 3. The average molecular weight is 469 g/mol. The van der Waals surface area contributed by atoms with E-state index in [1.165, 1.54) is 11.1 Å². The molecule has 1 amide bonds. The van der Waals surface area contributed by atoms with E-state index in [0.29, 0.717) is 5.56 Å². The second-order valence-electron chi connectivity index (χ2n) is 9.21. The van der Waals surface area contributed by atoms with E-state index in [1.54, 1.807) is 7.11 Å². The first kappa shape index (κ1) is 23.3. The number of carbonyl (C=O) groups excluding carboxylic acids is 1. The van der Waals surface area contributed by atoms with Gasteiger partial charge < -0.3 is 15.4 Å². The van der Waals surface area contributed by atoms with Crippen molar-refractivity contribution in [1.82, 2.24) is 15.5 Å². The molecule has 2 N–H and O–H groups in total. The van der Waals surface area contributed by atoms with E-state index in [0.717, 1.165) is 67.4 Å². The molecule has 35 heavy (non-hydrogen) atoms. The van der Waals surface area contributed by atoms with Crippen LogP contribution in [0.5, 0.6) is 5.75 Å². The molecule has 0 spiro atoms. The van der Waals surface area contributed by atoms with Crippen molar-refractivity contribution >= 4 is 11.6 Å². The van der Waals surface area contributed by atoms with Crippen molar-refractivity contribution < 1.29 is 9.53 Å². The fourth-order valence-corrected chi connectivity index (χ4v) is 4.85. The molecule has 180 valence electrons. The fraction of sp³-hybridized carbons (Fsp3) is 0.310. The summed E-state index contributed by atoms with van der Waals surface area (Å²) in [5.41, 5.74) is 7.35.